The number of anilines is 1. The van der Waals surface area contributed by atoms with Gasteiger partial charge in [-0.15, -0.1) is 0 Å². The second kappa shape index (κ2) is 8.10. The quantitative estimate of drug-likeness (QED) is 0.697. The summed E-state index contributed by atoms with van der Waals surface area (Å²) in [4.78, 5) is 24.7. The zero-order valence-electron chi connectivity index (χ0n) is 15.9. The summed E-state index contributed by atoms with van der Waals surface area (Å²) in [5.74, 6) is 1.22. The van der Waals surface area contributed by atoms with Crippen molar-refractivity contribution in [3.05, 3.63) is 82.3 Å². The molecule has 1 aliphatic heterocycles. The molecule has 2 aromatic carbocycles. The normalized spacial score (nSPS) is 11.9. The monoisotopic (exact) mass is 392 g/mol. The smallest absolute Gasteiger partial charge is 0.244 e. The van der Waals surface area contributed by atoms with E-state index in [0.717, 1.165) is 5.56 Å². The van der Waals surface area contributed by atoms with E-state index in [4.69, 9.17) is 14.2 Å². The first-order chi connectivity index (χ1) is 14.1. The molecule has 0 aliphatic carbocycles. The number of nitrogens with zero attached hydrogens (tertiary/aromatic N) is 1. The van der Waals surface area contributed by atoms with Gasteiger partial charge in [-0.05, 0) is 24.6 Å². The van der Waals surface area contributed by atoms with Gasteiger partial charge < -0.3 is 24.1 Å². The fourth-order valence-electron chi connectivity index (χ4n) is 2.99. The minimum atomic E-state index is -0.232. The van der Waals surface area contributed by atoms with Crippen LogP contribution >= 0.6 is 0 Å². The lowest BCUT2D eigenvalue weighted by Gasteiger charge is -2.13. The van der Waals surface area contributed by atoms with Crippen LogP contribution in [0.3, 0.4) is 0 Å². The predicted molar refractivity (Wildman–Crippen MR) is 107 cm³/mol. The van der Waals surface area contributed by atoms with Crippen LogP contribution in [-0.2, 0) is 17.9 Å². The van der Waals surface area contributed by atoms with Gasteiger partial charge in [0.1, 0.15) is 13.2 Å². The molecule has 1 N–H and O–H groups in total. The number of carbonyl (C=O) groups excluding carboxylic acids is 1. The Morgan fingerprint density at radius 3 is 2.72 bits per heavy atom. The molecule has 0 saturated carbocycles. The fraction of sp³-hybridized carbons (Fsp3) is 0.182. The van der Waals surface area contributed by atoms with Crippen LogP contribution in [0.15, 0.2) is 65.6 Å². The highest BCUT2D eigenvalue weighted by molar-refractivity contribution is 5.91. The number of hydrogen-bond acceptors (Lipinski definition) is 5. The standard InChI is InChI=1S/C22H20N2O5/c1-15-9-18(25)21(27-13-16-5-3-2-4-6-16)11-24(15)12-22(26)23-17-7-8-19-20(10-17)29-14-28-19/h2-11H,12-14H2,1H3,(H,23,26). The van der Waals surface area contributed by atoms with E-state index in [0.29, 0.717) is 22.9 Å². The molecule has 0 spiro atoms. The topological polar surface area (TPSA) is 78.8 Å². The summed E-state index contributed by atoms with van der Waals surface area (Å²) in [5.41, 5.74) is 2.02. The van der Waals surface area contributed by atoms with E-state index in [1.807, 2.05) is 30.3 Å². The van der Waals surface area contributed by atoms with Crippen molar-refractivity contribution in [2.24, 2.45) is 0 Å². The van der Waals surface area contributed by atoms with Crippen molar-refractivity contribution >= 4 is 11.6 Å². The minimum Gasteiger partial charge on any atom is -0.483 e. The average molecular weight is 392 g/mol. The summed E-state index contributed by atoms with van der Waals surface area (Å²) >= 11 is 0. The molecule has 0 fully saturated rings. The van der Waals surface area contributed by atoms with E-state index in [1.54, 1.807) is 35.9 Å². The van der Waals surface area contributed by atoms with Crippen LogP contribution in [0.25, 0.3) is 0 Å². The third kappa shape index (κ3) is 4.40. The van der Waals surface area contributed by atoms with Gasteiger partial charge in [-0.25, -0.2) is 0 Å². The molecular formula is C22H20N2O5. The highest BCUT2D eigenvalue weighted by atomic mass is 16.7. The van der Waals surface area contributed by atoms with Crippen LogP contribution in [0.5, 0.6) is 17.2 Å². The molecule has 1 amide bonds. The van der Waals surface area contributed by atoms with Gasteiger partial charge in [-0.3, -0.25) is 9.59 Å². The largest absolute Gasteiger partial charge is 0.483 e. The van der Waals surface area contributed by atoms with Gasteiger partial charge in [-0.2, -0.15) is 0 Å². The van der Waals surface area contributed by atoms with Crippen LogP contribution in [0.1, 0.15) is 11.3 Å². The molecule has 0 unspecified atom stereocenters. The van der Waals surface area contributed by atoms with Gasteiger partial charge in [0.05, 0.1) is 6.20 Å². The maximum Gasteiger partial charge on any atom is 0.244 e. The third-order valence-electron chi connectivity index (χ3n) is 4.52. The van der Waals surface area contributed by atoms with Crippen molar-refractivity contribution < 1.29 is 19.0 Å². The van der Waals surface area contributed by atoms with Crippen molar-refractivity contribution in [2.75, 3.05) is 12.1 Å². The van der Waals surface area contributed by atoms with Crippen molar-refractivity contribution in [1.29, 1.82) is 0 Å². The third-order valence-corrected chi connectivity index (χ3v) is 4.52. The maximum absolute atomic E-state index is 12.5. The summed E-state index contributed by atoms with van der Waals surface area (Å²) in [7, 11) is 0. The molecule has 0 radical (unpaired) electrons. The Labute approximate surface area is 167 Å². The molecule has 1 aliphatic rings. The fourth-order valence-corrected chi connectivity index (χ4v) is 2.99. The molecule has 7 heteroatoms. The molecule has 2 heterocycles. The Morgan fingerprint density at radius 2 is 1.90 bits per heavy atom. The van der Waals surface area contributed by atoms with Crippen LogP contribution in [0.4, 0.5) is 5.69 Å². The number of aromatic nitrogens is 1. The molecule has 0 saturated heterocycles. The van der Waals surface area contributed by atoms with Gasteiger partial charge in [0.25, 0.3) is 0 Å². The summed E-state index contributed by atoms with van der Waals surface area (Å²) in [6.45, 7) is 2.27. The summed E-state index contributed by atoms with van der Waals surface area (Å²) in [6.07, 6.45) is 1.57. The van der Waals surface area contributed by atoms with Gasteiger partial charge in [0.2, 0.25) is 18.1 Å². The molecule has 29 heavy (non-hydrogen) atoms. The van der Waals surface area contributed by atoms with Gasteiger partial charge in [0, 0.05) is 23.5 Å². The molecule has 7 nitrogen and oxygen atoms in total. The predicted octanol–water partition coefficient (Wildman–Crippen LogP) is 3.10. The van der Waals surface area contributed by atoms with E-state index >= 15 is 0 Å². The number of benzene rings is 2. The number of hydrogen-bond donors (Lipinski definition) is 1. The molecule has 148 valence electrons. The number of rotatable bonds is 6. The number of nitrogens with one attached hydrogen (secondary N) is 1. The Hall–Kier alpha value is -3.74. The first-order valence-corrected chi connectivity index (χ1v) is 9.16. The molecule has 0 bridgehead atoms. The van der Waals surface area contributed by atoms with Gasteiger partial charge >= 0.3 is 0 Å². The summed E-state index contributed by atoms with van der Waals surface area (Å²) in [5, 5.41) is 2.83. The molecule has 0 atom stereocenters. The number of pyridine rings is 1. The summed E-state index contributed by atoms with van der Waals surface area (Å²) < 4.78 is 17.9. The highest BCUT2D eigenvalue weighted by Gasteiger charge is 2.15. The van der Waals surface area contributed by atoms with Crippen LogP contribution in [0.2, 0.25) is 0 Å². The van der Waals surface area contributed by atoms with Crippen molar-refractivity contribution in [3.63, 3.8) is 0 Å². The van der Waals surface area contributed by atoms with Crippen LogP contribution in [-0.4, -0.2) is 17.3 Å². The first-order valence-electron chi connectivity index (χ1n) is 9.16. The lowest BCUT2D eigenvalue weighted by Crippen LogP contribution is -2.22. The molecule has 4 rings (SSSR count). The number of ether oxygens (including phenoxy) is 3. The maximum atomic E-state index is 12.5. The van der Waals surface area contributed by atoms with E-state index in [-0.39, 0.29) is 37.0 Å². The zero-order chi connectivity index (χ0) is 20.2. The number of amides is 1. The number of aryl methyl sites for hydroxylation is 1. The van der Waals surface area contributed by atoms with Crippen molar-refractivity contribution in [2.45, 2.75) is 20.1 Å². The Bertz CT molecular complexity index is 1090. The van der Waals surface area contributed by atoms with Crippen molar-refractivity contribution in [1.82, 2.24) is 4.57 Å². The van der Waals surface area contributed by atoms with Crippen molar-refractivity contribution in [3.8, 4) is 17.2 Å². The van der Waals surface area contributed by atoms with E-state index in [1.165, 1.54) is 6.07 Å². The lowest BCUT2D eigenvalue weighted by molar-refractivity contribution is -0.116. The zero-order valence-corrected chi connectivity index (χ0v) is 15.9. The first kappa shape index (κ1) is 18.6. The molecule has 1 aromatic heterocycles. The summed E-state index contributed by atoms with van der Waals surface area (Å²) in [6, 6.07) is 16.3. The number of fused-ring (bicyclic) bond motifs is 1. The van der Waals surface area contributed by atoms with Crippen LogP contribution in [0, 0.1) is 6.92 Å². The van der Waals surface area contributed by atoms with Gasteiger partial charge in [-0.1, -0.05) is 30.3 Å². The lowest BCUT2D eigenvalue weighted by atomic mass is 10.2. The van der Waals surface area contributed by atoms with E-state index < -0.39 is 0 Å². The van der Waals surface area contributed by atoms with Crippen LogP contribution < -0.4 is 25.0 Å². The highest BCUT2D eigenvalue weighted by Crippen LogP contribution is 2.34. The molecule has 3 aromatic rings. The second-order valence-corrected chi connectivity index (χ2v) is 6.66. The Balaban J connectivity index is 1.44. The second-order valence-electron chi connectivity index (χ2n) is 6.66. The van der Waals surface area contributed by atoms with E-state index in [2.05, 4.69) is 5.32 Å². The Morgan fingerprint density at radius 1 is 1.10 bits per heavy atom. The Kier molecular flexibility index (Phi) is 5.20. The SMILES string of the molecule is Cc1cc(=O)c(OCc2ccccc2)cn1CC(=O)Nc1ccc2c(c1)OCO2. The number of carbonyl (C=O) groups is 1. The van der Waals surface area contributed by atoms with E-state index in [9.17, 15) is 9.59 Å². The minimum absolute atomic E-state index is 0.0439. The van der Waals surface area contributed by atoms with Gasteiger partial charge in [0.15, 0.2) is 17.2 Å². The molecular weight excluding hydrogens is 372 g/mol. The average Bonchev–Trinajstić information content (AvgIpc) is 3.18.